The van der Waals surface area contributed by atoms with Crippen molar-refractivity contribution in [3.63, 3.8) is 0 Å². The third-order valence-electron chi connectivity index (χ3n) is 7.22. The van der Waals surface area contributed by atoms with Gasteiger partial charge in [-0.25, -0.2) is 8.42 Å². The highest BCUT2D eigenvalue weighted by atomic mass is 32.2. The maximum Gasteiger partial charge on any atom is 0.485 e. The van der Waals surface area contributed by atoms with Gasteiger partial charge in [-0.1, -0.05) is 51.1 Å². The lowest BCUT2D eigenvalue weighted by molar-refractivity contribution is -0.771. The minimum Gasteiger partial charge on any atom is -0.741 e. The molecule has 0 N–H and O–H groups in total. The summed E-state index contributed by atoms with van der Waals surface area (Å²) in [5.41, 5.74) is -0.657. The Hall–Kier alpha value is -1.83. The third kappa shape index (κ3) is 12.5. The van der Waals surface area contributed by atoms with Gasteiger partial charge in [0.05, 0.1) is 19.3 Å². The normalized spacial score (nSPS) is 13.8. The molecular weight excluding hydrogens is 575 g/mol. The quantitative estimate of drug-likeness (QED) is 0.0933. The summed E-state index contributed by atoms with van der Waals surface area (Å²) in [5, 5.41) is 0. The molecule has 0 aliphatic carbocycles. The number of aryl methyl sites for hydroxylation is 3. The van der Waals surface area contributed by atoms with E-state index in [0.717, 1.165) is 37.4 Å². The number of halogens is 3. The summed E-state index contributed by atoms with van der Waals surface area (Å²) in [6.45, 7) is 14.6. The first-order valence-corrected chi connectivity index (χ1v) is 17.9. The van der Waals surface area contributed by atoms with Gasteiger partial charge in [0.1, 0.15) is 0 Å². The van der Waals surface area contributed by atoms with E-state index in [1.54, 1.807) is 0 Å². The average molecular weight is 622 g/mol. The van der Waals surface area contributed by atoms with Gasteiger partial charge in [-0.05, 0) is 49.0 Å². The van der Waals surface area contributed by atoms with Crippen LogP contribution in [0, 0.1) is 20.8 Å². The van der Waals surface area contributed by atoms with Crippen molar-refractivity contribution in [2.75, 3.05) is 13.7 Å². The highest BCUT2D eigenvalue weighted by Gasteiger charge is 2.37. The fraction of sp³-hybridized carbons (Fsp3) is 0.621. The first-order valence-electron chi connectivity index (χ1n) is 14.0. The Bertz CT molecular complexity index is 1110. The Morgan fingerprint density at radius 2 is 1.46 bits per heavy atom. The molecule has 2 unspecified atom stereocenters. The number of pyridine rings is 1. The van der Waals surface area contributed by atoms with E-state index in [1.165, 1.54) is 22.5 Å². The van der Waals surface area contributed by atoms with Crippen molar-refractivity contribution in [2.45, 2.75) is 103 Å². The van der Waals surface area contributed by atoms with Gasteiger partial charge in [0.15, 0.2) is 29.8 Å². The standard InChI is InChI=1S/C28H46NO3Si.CHF3O3S/c1-8-33(9-2,10-3)32-27(22-31-21-26-15-12-11-13-16-26)17-14-18-28(30-7)29-24(5)19-23(4)20-25(29)6;2-1(3,4)8(5,6)7/h11-13,15-16,19-20,27-28H,8-10,14,17-18,21-22H2,1-7H3;(H,5,6,7)/q+1;/p-1. The second-order valence-corrected chi connectivity index (χ2v) is 16.3. The highest BCUT2D eigenvalue weighted by Crippen LogP contribution is 2.26. The van der Waals surface area contributed by atoms with Crippen LogP contribution in [0.25, 0.3) is 0 Å². The molecule has 0 radical (unpaired) electrons. The first kappa shape index (κ1) is 37.2. The molecule has 7 nitrogen and oxygen atoms in total. The molecule has 1 heterocycles. The largest absolute Gasteiger partial charge is 0.741 e. The Labute approximate surface area is 244 Å². The van der Waals surface area contributed by atoms with Crippen LogP contribution in [0.15, 0.2) is 42.5 Å². The second-order valence-electron chi connectivity index (χ2n) is 10.2. The van der Waals surface area contributed by atoms with Crippen molar-refractivity contribution in [3.8, 4) is 0 Å². The van der Waals surface area contributed by atoms with Crippen LogP contribution in [0.2, 0.25) is 18.1 Å². The molecule has 12 heteroatoms. The number of ether oxygens (including phenoxy) is 2. The Kier molecular flexibility index (Phi) is 15.7. The van der Waals surface area contributed by atoms with Gasteiger partial charge < -0.3 is 18.5 Å². The maximum absolute atomic E-state index is 10.7. The summed E-state index contributed by atoms with van der Waals surface area (Å²) in [6.07, 6.45) is 3.18. The molecule has 0 fully saturated rings. The number of rotatable bonds is 15. The van der Waals surface area contributed by atoms with Crippen LogP contribution in [0.5, 0.6) is 0 Å². The molecule has 0 saturated heterocycles. The zero-order valence-corrected chi connectivity index (χ0v) is 27.1. The van der Waals surface area contributed by atoms with Gasteiger partial charge in [-0.15, -0.1) is 0 Å². The van der Waals surface area contributed by atoms with Gasteiger partial charge >= 0.3 is 5.51 Å². The summed E-state index contributed by atoms with van der Waals surface area (Å²) in [5.74, 6) is 0. The van der Waals surface area contributed by atoms with E-state index in [-0.39, 0.29) is 12.3 Å². The highest BCUT2D eigenvalue weighted by molar-refractivity contribution is 7.86. The van der Waals surface area contributed by atoms with E-state index in [1.807, 2.05) is 13.2 Å². The molecule has 0 bridgehead atoms. The Morgan fingerprint density at radius 1 is 0.951 bits per heavy atom. The number of methoxy groups -OCH3 is 1. The van der Waals surface area contributed by atoms with E-state index < -0.39 is 23.9 Å². The van der Waals surface area contributed by atoms with Crippen molar-refractivity contribution in [3.05, 3.63) is 65.0 Å². The van der Waals surface area contributed by atoms with Crippen LogP contribution in [0.1, 0.15) is 68.8 Å². The van der Waals surface area contributed by atoms with Crippen LogP contribution < -0.4 is 4.57 Å². The number of alkyl halides is 3. The predicted octanol–water partition coefficient (Wildman–Crippen LogP) is 6.87. The van der Waals surface area contributed by atoms with Crippen molar-refractivity contribution in [1.29, 1.82) is 0 Å². The number of aromatic nitrogens is 1. The molecule has 0 saturated carbocycles. The maximum atomic E-state index is 10.7. The molecule has 2 atom stereocenters. The molecule has 1 aromatic heterocycles. The van der Waals surface area contributed by atoms with E-state index in [9.17, 15) is 13.2 Å². The minimum absolute atomic E-state index is 0.0435. The number of benzene rings is 1. The van der Waals surface area contributed by atoms with Gasteiger partial charge in [0.25, 0.3) is 6.23 Å². The first-order chi connectivity index (χ1) is 19.1. The summed E-state index contributed by atoms with van der Waals surface area (Å²) < 4.78 is 80.2. The van der Waals surface area contributed by atoms with Crippen LogP contribution >= 0.6 is 0 Å². The van der Waals surface area contributed by atoms with Crippen molar-refractivity contribution in [2.24, 2.45) is 0 Å². The van der Waals surface area contributed by atoms with Gasteiger partial charge in [0.2, 0.25) is 0 Å². The van der Waals surface area contributed by atoms with E-state index in [0.29, 0.717) is 13.2 Å². The SMILES string of the molecule is CC[Si](CC)(CC)OC(CCCC(OC)[n+]1c(C)cc(C)cc1C)COCc1ccccc1.O=S(=O)([O-])C(F)(F)F. The molecule has 2 rings (SSSR count). The topological polar surface area (TPSA) is 88.8 Å². The van der Waals surface area contributed by atoms with Crippen molar-refractivity contribution >= 4 is 18.4 Å². The van der Waals surface area contributed by atoms with Crippen LogP contribution in [0.3, 0.4) is 0 Å². The fourth-order valence-electron chi connectivity index (χ4n) is 4.86. The Morgan fingerprint density at radius 3 is 1.90 bits per heavy atom. The van der Waals surface area contributed by atoms with E-state index in [4.69, 9.17) is 26.9 Å². The number of nitrogens with zero attached hydrogens (tertiary/aromatic N) is 1. The molecule has 0 aliphatic heterocycles. The van der Waals surface area contributed by atoms with Crippen molar-refractivity contribution in [1.82, 2.24) is 0 Å². The van der Waals surface area contributed by atoms with Gasteiger partial charge in [-0.2, -0.15) is 17.7 Å². The number of hydrogen-bond acceptors (Lipinski definition) is 6. The molecule has 0 amide bonds. The Balaban J connectivity index is 0.000000915. The average Bonchev–Trinajstić information content (AvgIpc) is 2.90. The summed E-state index contributed by atoms with van der Waals surface area (Å²) in [6, 6.07) is 18.3. The minimum atomic E-state index is -6.09. The molecule has 0 aliphatic rings. The zero-order valence-electron chi connectivity index (χ0n) is 25.3. The summed E-state index contributed by atoms with van der Waals surface area (Å²) >= 11 is 0. The molecule has 2 aromatic rings. The predicted molar refractivity (Wildman–Crippen MR) is 155 cm³/mol. The monoisotopic (exact) mass is 621 g/mol. The molecule has 41 heavy (non-hydrogen) atoms. The summed E-state index contributed by atoms with van der Waals surface area (Å²) in [4.78, 5) is 0. The van der Waals surface area contributed by atoms with Gasteiger partial charge in [0, 0.05) is 39.5 Å². The second kappa shape index (κ2) is 17.3. The van der Waals surface area contributed by atoms with Gasteiger partial charge in [-0.3, -0.25) is 0 Å². The lowest BCUT2D eigenvalue weighted by Crippen LogP contribution is -2.46. The molecule has 234 valence electrons. The lowest BCUT2D eigenvalue weighted by atomic mass is 10.1. The molecule has 1 aromatic carbocycles. The van der Waals surface area contributed by atoms with E-state index >= 15 is 0 Å². The van der Waals surface area contributed by atoms with Crippen LogP contribution in [-0.4, -0.2) is 46.6 Å². The molecule has 0 spiro atoms. The van der Waals surface area contributed by atoms with Crippen molar-refractivity contribution < 1.29 is 44.6 Å². The smallest absolute Gasteiger partial charge is 0.485 e. The lowest BCUT2D eigenvalue weighted by Gasteiger charge is -2.33. The fourth-order valence-corrected chi connectivity index (χ4v) is 7.75. The summed E-state index contributed by atoms with van der Waals surface area (Å²) in [7, 11) is -5.97. The molecular formula is C29H46F3NO6SSi. The van der Waals surface area contributed by atoms with Crippen LogP contribution in [0.4, 0.5) is 13.2 Å². The van der Waals surface area contributed by atoms with Crippen LogP contribution in [-0.2, 0) is 30.6 Å². The van der Waals surface area contributed by atoms with E-state index in [2.05, 4.69) is 82.5 Å². The zero-order chi connectivity index (χ0) is 31.3. The number of hydrogen-bond donors (Lipinski definition) is 0. The third-order valence-corrected chi connectivity index (χ3v) is 12.5.